The van der Waals surface area contributed by atoms with Crippen molar-refractivity contribution in [2.45, 2.75) is 13.8 Å². The van der Waals surface area contributed by atoms with Gasteiger partial charge < -0.3 is 10.1 Å². The number of aromatic nitrogens is 1. The molecule has 2 aromatic rings. The minimum absolute atomic E-state index is 0.200. The number of benzene rings is 1. The van der Waals surface area contributed by atoms with Gasteiger partial charge in [-0.1, -0.05) is 12.1 Å². The van der Waals surface area contributed by atoms with E-state index < -0.39 is 0 Å². The molecule has 1 N–H and O–H groups in total. The number of aryl methyl sites for hydroxylation is 1. The Hall–Kier alpha value is -1.88. The van der Waals surface area contributed by atoms with Crippen LogP contribution in [0.1, 0.15) is 22.8 Å². The zero-order chi connectivity index (χ0) is 14.5. The summed E-state index contributed by atoms with van der Waals surface area (Å²) in [6.45, 7) is 4.31. The molecule has 0 aliphatic heterocycles. The van der Waals surface area contributed by atoms with Gasteiger partial charge in [0.05, 0.1) is 12.2 Å². The number of nitrogens with one attached hydrogen (secondary N) is 1. The maximum Gasteiger partial charge on any atom is 0.256 e. The summed E-state index contributed by atoms with van der Waals surface area (Å²) in [5, 5.41) is 2.82. The van der Waals surface area contributed by atoms with E-state index in [0.717, 1.165) is 10.0 Å². The van der Waals surface area contributed by atoms with E-state index in [1.54, 1.807) is 24.4 Å². The Labute approximate surface area is 126 Å². The van der Waals surface area contributed by atoms with Crippen LogP contribution in [-0.2, 0) is 0 Å². The molecule has 2 rings (SSSR count). The fourth-order valence-corrected chi connectivity index (χ4v) is 2.19. The van der Waals surface area contributed by atoms with Gasteiger partial charge in [-0.25, -0.2) is 4.98 Å². The molecular formula is C15H15BrN2O2. The molecule has 0 aliphatic carbocycles. The lowest BCUT2D eigenvalue weighted by atomic mass is 10.1. The molecule has 0 bridgehead atoms. The van der Waals surface area contributed by atoms with Gasteiger partial charge >= 0.3 is 0 Å². The summed E-state index contributed by atoms with van der Waals surface area (Å²) < 4.78 is 6.18. The molecule has 0 unspecified atom stereocenters. The van der Waals surface area contributed by atoms with E-state index in [4.69, 9.17) is 4.74 Å². The number of hydrogen-bond acceptors (Lipinski definition) is 3. The number of anilines is 1. The molecule has 0 aliphatic rings. The predicted molar refractivity (Wildman–Crippen MR) is 82.2 cm³/mol. The molecule has 5 heteroatoms. The van der Waals surface area contributed by atoms with E-state index in [1.165, 1.54) is 0 Å². The molecule has 20 heavy (non-hydrogen) atoms. The van der Waals surface area contributed by atoms with Gasteiger partial charge in [0.25, 0.3) is 5.91 Å². The first-order valence-electron chi connectivity index (χ1n) is 6.27. The molecule has 0 fully saturated rings. The maximum absolute atomic E-state index is 12.3. The van der Waals surface area contributed by atoms with E-state index >= 15 is 0 Å². The van der Waals surface area contributed by atoms with Gasteiger partial charge in [-0.05, 0) is 53.5 Å². The Balaban J connectivity index is 2.26. The molecule has 1 aromatic carbocycles. The van der Waals surface area contributed by atoms with Crippen molar-refractivity contribution in [3.05, 3.63) is 52.1 Å². The van der Waals surface area contributed by atoms with Crippen molar-refractivity contribution in [2.24, 2.45) is 0 Å². The van der Waals surface area contributed by atoms with E-state index in [9.17, 15) is 4.79 Å². The zero-order valence-corrected chi connectivity index (χ0v) is 12.9. The second-order valence-corrected chi connectivity index (χ2v) is 4.97. The SMILES string of the molecule is CCOc1ncccc1NC(=O)c1cccc(C)c1Br. The molecular weight excluding hydrogens is 320 g/mol. The minimum Gasteiger partial charge on any atom is -0.476 e. The summed E-state index contributed by atoms with van der Waals surface area (Å²) in [6.07, 6.45) is 1.63. The van der Waals surface area contributed by atoms with Crippen LogP contribution in [0, 0.1) is 6.92 Å². The van der Waals surface area contributed by atoms with Gasteiger partial charge in [0.1, 0.15) is 5.69 Å². The highest BCUT2D eigenvalue weighted by atomic mass is 79.9. The van der Waals surface area contributed by atoms with Gasteiger partial charge in [0.2, 0.25) is 5.88 Å². The van der Waals surface area contributed by atoms with E-state index in [0.29, 0.717) is 23.7 Å². The Morgan fingerprint density at radius 2 is 2.15 bits per heavy atom. The number of carbonyl (C=O) groups is 1. The van der Waals surface area contributed by atoms with Gasteiger partial charge in [0.15, 0.2) is 0 Å². The van der Waals surface area contributed by atoms with Gasteiger partial charge in [-0.2, -0.15) is 0 Å². The topological polar surface area (TPSA) is 51.2 Å². The Kier molecular flexibility index (Phi) is 4.74. The molecule has 0 spiro atoms. The fourth-order valence-electron chi connectivity index (χ4n) is 1.75. The lowest BCUT2D eigenvalue weighted by Gasteiger charge is -2.11. The number of amides is 1. The lowest BCUT2D eigenvalue weighted by Crippen LogP contribution is -2.14. The largest absolute Gasteiger partial charge is 0.476 e. The number of pyridine rings is 1. The van der Waals surface area contributed by atoms with Crippen LogP contribution in [0.4, 0.5) is 5.69 Å². The van der Waals surface area contributed by atoms with Crippen LogP contribution in [0.5, 0.6) is 5.88 Å². The minimum atomic E-state index is -0.200. The average Bonchev–Trinajstić information content (AvgIpc) is 2.44. The summed E-state index contributed by atoms with van der Waals surface area (Å²) in [5.74, 6) is 0.224. The Morgan fingerprint density at radius 1 is 1.35 bits per heavy atom. The summed E-state index contributed by atoms with van der Waals surface area (Å²) in [4.78, 5) is 16.4. The monoisotopic (exact) mass is 334 g/mol. The second kappa shape index (κ2) is 6.52. The molecule has 1 amide bonds. The first-order valence-corrected chi connectivity index (χ1v) is 7.07. The number of halogens is 1. The van der Waals surface area contributed by atoms with Crippen molar-refractivity contribution in [1.29, 1.82) is 0 Å². The number of hydrogen-bond donors (Lipinski definition) is 1. The quantitative estimate of drug-likeness (QED) is 0.925. The molecule has 0 saturated carbocycles. The fraction of sp³-hybridized carbons (Fsp3) is 0.200. The van der Waals surface area contributed by atoms with Crippen LogP contribution in [0.25, 0.3) is 0 Å². The van der Waals surface area contributed by atoms with Crippen LogP contribution >= 0.6 is 15.9 Å². The Bertz CT molecular complexity index is 629. The third kappa shape index (κ3) is 3.17. The van der Waals surface area contributed by atoms with Crippen LogP contribution in [-0.4, -0.2) is 17.5 Å². The second-order valence-electron chi connectivity index (χ2n) is 4.18. The van der Waals surface area contributed by atoms with Crippen molar-refractivity contribution in [1.82, 2.24) is 4.98 Å². The number of carbonyl (C=O) groups excluding carboxylic acids is 1. The third-order valence-corrected chi connectivity index (χ3v) is 3.79. The Morgan fingerprint density at radius 3 is 2.90 bits per heavy atom. The van der Waals surface area contributed by atoms with E-state index in [2.05, 4.69) is 26.2 Å². The summed E-state index contributed by atoms with van der Waals surface area (Å²) in [6, 6.07) is 9.07. The molecule has 1 heterocycles. The van der Waals surface area contributed by atoms with Crippen molar-refractivity contribution in [3.8, 4) is 5.88 Å². The van der Waals surface area contributed by atoms with Crippen molar-refractivity contribution < 1.29 is 9.53 Å². The van der Waals surface area contributed by atoms with Gasteiger partial charge in [-0.3, -0.25) is 4.79 Å². The average molecular weight is 335 g/mol. The van der Waals surface area contributed by atoms with Gasteiger partial charge in [-0.15, -0.1) is 0 Å². The van der Waals surface area contributed by atoms with Crippen molar-refractivity contribution in [2.75, 3.05) is 11.9 Å². The van der Waals surface area contributed by atoms with Crippen LogP contribution in [0.3, 0.4) is 0 Å². The number of nitrogens with zero attached hydrogens (tertiary/aromatic N) is 1. The van der Waals surface area contributed by atoms with Crippen molar-refractivity contribution in [3.63, 3.8) is 0 Å². The van der Waals surface area contributed by atoms with Gasteiger partial charge in [0, 0.05) is 10.7 Å². The first-order chi connectivity index (χ1) is 9.63. The standard InChI is InChI=1S/C15H15BrN2O2/c1-3-20-15-12(8-5-9-17-15)18-14(19)11-7-4-6-10(2)13(11)16/h4-9H,3H2,1-2H3,(H,18,19). The highest BCUT2D eigenvalue weighted by Gasteiger charge is 2.14. The molecule has 4 nitrogen and oxygen atoms in total. The molecule has 104 valence electrons. The van der Waals surface area contributed by atoms with Crippen LogP contribution < -0.4 is 10.1 Å². The highest BCUT2D eigenvalue weighted by molar-refractivity contribution is 9.10. The summed E-state index contributed by atoms with van der Waals surface area (Å²) in [5.41, 5.74) is 2.15. The highest BCUT2D eigenvalue weighted by Crippen LogP contribution is 2.25. The lowest BCUT2D eigenvalue weighted by molar-refractivity contribution is 0.102. The van der Waals surface area contributed by atoms with Crippen molar-refractivity contribution >= 4 is 27.5 Å². The molecule has 1 aromatic heterocycles. The number of rotatable bonds is 4. The van der Waals surface area contributed by atoms with E-state index in [-0.39, 0.29) is 5.91 Å². The normalized spacial score (nSPS) is 10.2. The van der Waals surface area contributed by atoms with E-state index in [1.807, 2.05) is 26.0 Å². The number of ether oxygens (including phenoxy) is 1. The third-order valence-electron chi connectivity index (χ3n) is 2.74. The smallest absolute Gasteiger partial charge is 0.256 e. The summed E-state index contributed by atoms with van der Waals surface area (Å²) >= 11 is 3.44. The van der Waals surface area contributed by atoms with Crippen LogP contribution in [0.2, 0.25) is 0 Å². The maximum atomic E-state index is 12.3. The predicted octanol–water partition coefficient (Wildman–Crippen LogP) is 3.80. The van der Waals surface area contributed by atoms with Crippen LogP contribution in [0.15, 0.2) is 41.0 Å². The zero-order valence-electron chi connectivity index (χ0n) is 11.3. The summed E-state index contributed by atoms with van der Waals surface area (Å²) in [7, 11) is 0. The molecule has 0 radical (unpaired) electrons. The molecule has 0 saturated heterocycles. The first kappa shape index (κ1) is 14.5. The molecule has 0 atom stereocenters.